The molecule has 3 aromatic rings. The number of benzene rings is 1. The fourth-order valence-corrected chi connectivity index (χ4v) is 4.24. The minimum absolute atomic E-state index is 0.0575. The lowest BCUT2D eigenvalue weighted by Crippen LogP contribution is -2.25. The van der Waals surface area contributed by atoms with Crippen LogP contribution >= 0.6 is 11.3 Å². The molecule has 1 N–H and O–H groups in total. The third-order valence-corrected chi connectivity index (χ3v) is 5.60. The summed E-state index contributed by atoms with van der Waals surface area (Å²) in [4.78, 5) is 23.4. The SMILES string of the molecule is CCc1nc(C)c2c(C)c(C(=O)NCCc3ccccc3OC)sc2n1. The van der Waals surface area contributed by atoms with E-state index in [0.717, 1.165) is 51.5 Å². The number of methoxy groups -OCH3 is 1. The molecule has 0 saturated heterocycles. The van der Waals surface area contributed by atoms with Crippen molar-refractivity contribution in [2.75, 3.05) is 13.7 Å². The number of rotatable bonds is 6. The van der Waals surface area contributed by atoms with E-state index in [4.69, 9.17) is 4.74 Å². The number of hydrogen-bond acceptors (Lipinski definition) is 5. The van der Waals surface area contributed by atoms with E-state index in [2.05, 4.69) is 15.3 Å². The number of nitrogens with one attached hydrogen (secondary N) is 1. The van der Waals surface area contributed by atoms with Gasteiger partial charge in [-0.3, -0.25) is 4.79 Å². The molecule has 2 heterocycles. The molecule has 0 aliphatic rings. The number of amides is 1. The normalized spacial score (nSPS) is 10.9. The first-order valence-electron chi connectivity index (χ1n) is 8.71. The van der Waals surface area contributed by atoms with Crippen molar-refractivity contribution in [3.05, 3.63) is 51.8 Å². The van der Waals surface area contributed by atoms with Crippen molar-refractivity contribution in [1.29, 1.82) is 0 Å². The first-order valence-corrected chi connectivity index (χ1v) is 9.53. The second kappa shape index (κ2) is 7.83. The van der Waals surface area contributed by atoms with Crippen LogP contribution in [0, 0.1) is 13.8 Å². The highest BCUT2D eigenvalue weighted by atomic mass is 32.1. The number of nitrogens with zero attached hydrogens (tertiary/aromatic N) is 2. The van der Waals surface area contributed by atoms with Gasteiger partial charge in [-0.05, 0) is 37.5 Å². The van der Waals surface area contributed by atoms with E-state index in [9.17, 15) is 4.79 Å². The van der Waals surface area contributed by atoms with Gasteiger partial charge in [0.1, 0.15) is 16.4 Å². The van der Waals surface area contributed by atoms with Crippen LogP contribution in [0.25, 0.3) is 10.2 Å². The lowest BCUT2D eigenvalue weighted by Gasteiger charge is -2.09. The molecule has 1 aromatic carbocycles. The molecule has 0 spiro atoms. The first-order chi connectivity index (χ1) is 12.5. The number of aryl methyl sites for hydroxylation is 3. The van der Waals surface area contributed by atoms with Crippen molar-refractivity contribution < 1.29 is 9.53 Å². The molecular formula is C20H23N3O2S. The van der Waals surface area contributed by atoms with Crippen LogP contribution in [-0.4, -0.2) is 29.5 Å². The Labute approximate surface area is 157 Å². The van der Waals surface area contributed by atoms with Crippen LogP contribution in [0.2, 0.25) is 0 Å². The highest BCUT2D eigenvalue weighted by Crippen LogP contribution is 2.31. The van der Waals surface area contributed by atoms with E-state index >= 15 is 0 Å². The minimum atomic E-state index is -0.0575. The summed E-state index contributed by atoms with van der Waals surface area (Å²) < 4.78 is 5.36. The van der Waals surface area contributed by atoms with E-state index in [0.29, 0.717) is 11.4 Å². The monoisotopic (exact) mass is 369 g/mol. The maximum atomic E-state index is 12.7. The molecule has 0 unspecified atom stereocenters. The number of carbonyl (C=O) groups excluding carboxylic acids is 1. The van der Waals surface area contributed by atoms with Gasteiger partial charge in [-0.1, -0.05) is 25.1 Å². The summed E-state index contributed by atoms with van der Waals surface area (Å²) in [5.41, 5.74) is 2.98. The van der Waals surface area contributed by atoms with Gasteiger partial charge in [-0.15, -0.1) is 11.3 Å². The zero-order valence-corrected chi connectivity index (χ0v) is 16.4. The maximum Gasteiger partial charge on any atom is 0.261 e. The third-order valence-electron chi connectivity index (χ3n) is 4.41. The summed E-state index contributed by atoms with van der Waals surface area (Å²) in [7, 11) is 1.66. The summed E-state index contributed by atoms with van der Waals surface area (Å²) >= 11 is 1.44. The molecule has 2 aromatic heterocycles. The lowest BCUT2D eigenvalue weighted by molar-refractivity contribution is 0.0957. The quantitative estimate of drug-likeness (QED) is 0.717. The molecule has 0 radical (unpaired) electrons. The summed E-state index contributed by atoms with van der Waals surface area (Å²) in [5, 5.41) is 4.02. The van der Waals surface area contributed by atoms with Crippen LogP contribution < -0.4 is 10.1 Å². The zero-order valence-electron chi connectivity index (χ0n) is 15.5. The molecule has 0 saturated carbocycles. The van der Waals surface area contributed by atoms with E-state index in [-0.39, 0.29) is 5.91 Å². The number of hydrogen-bond donors (Lipinski definition) is 1. The lowest BCUT2D eigenvalue weighted by atomic mass is 10.1. The van der Waals surface area contributed by atoms with Crippen molar-refractivity contribution >= 4 is 27.5 Å². The Kier molecular flexibility index (Phi) is 5.52. The van der Waals surface area contributed by atoms with Gasteiger partial charge < -0.3 is 10.1 Å². The Morgan fingerprint density at radius 2 is 2.00 bits per heavy atom. The zero-order chi connectivity index (χ0) is 18.7. The van der Waals surface area contributed by atoms with Crippen molar-refractivity contribution in [3.63, 3.8) is 0 Å². The Bertz CT molecular complexity index is 950. The minimum Gasteiger partial charge on any atom is -0.496 e. The third kappa shape index (κ3) is 3.55. The van der Waals surface area contributed by atoms with Crippen molar-refractivity contribution in [2.24, 2.45) is 0 Å². The van der Waals surface area contributed by atoms with Gasteiger partial charge in [0.25, 0.3) is 5.91 Å². The molecule has 0 bridgehead atoms. The highest BCUT2D eigenvalue weighted by molar-refractivity contribution is 7.20. The number of fused-ring (bicyclic) bond motifs is 1. The Balaban J connectivity index is 1.76. The molecule has 3 rings (SSSR count). The van der Waals surface area contributed by atoms with E-state index in [1.807, 2.05) is 45.0 Å². The van der Waals surface area contributed by atoms with Gasteiger partial charge in [0, 0.05) is 24.0 Å². The van der Waals surface area contributed by atoms with Gasteiger partial charge in [-0.25, -0.2) is 9.97 Å². The number of aromatic nitrogens is 2. The van der Waals surface area contributed by atoms with E-state index in [1.54, 1.807) is 7.11 Å². The first kappa shape index (κ1) is 18.3. The maximum absolute atomic E-state index is 12.7. The van der Waals surface area contributed by atoms with Crippen LogP contribution in [0.3, 0.4) is 0 Å². The Morgan fingerprint density at radius 3 is 2.73 bits per heavy atom. The number of ether oxygens (including phenoxy) is 1. The smallest absolute Gasteiger partial charge is 0.261 e. The largest absolute Gasteiger partial charge is 0.496 e. The fourth-order valence-electron chi connectivity index (χ4n) is 3.07. The molecule has 5 nitrogen and oxygen atoms in total. The van der Waals surface area contributed by atoms with Gasteiger partial charge >= 0.3 is 0 Å². The molecule has 0 aliphatic carbocycles. The molecule has 136 valence electrons. The Hall–Kier alpha value is -2.47. The molecule has 6 heteroatoms. The van der Waals surface area contributed by atoms with E-state index < -0.39 is 0 Å². The predicted octanol–water partition coefficient (Wildman–Crippen LogP) is 3.85. The predicted molar refractivity (Wildman–Crippen MR) is 105 cm³/mol. The summed E-state index contributed by atoms with van der Waals surface area (Å²) in [6, 6.07) is 7.86. The number of para-hydroxylation sites is 1. The van der Waals surface area contributed by atoms with Crippen LogP contribution in [0.5, 0.6) is 5.75 Å². The summed E-state index contributed by atoms with van der Waals surface area (Å²) in [6.45, 7) is 6.53. The van der Waals surface area contributed by atoms with Crippen molar-refractivity contribution in [2.45, 2.75) is 33.6 Å². The van der Waals surface area contributed by atoms with Gasteiger partial charge in [0.05, 0.1) is 12.0 Å². The second-order valence-electron chi connectivity index (χ2n) is 6.13. The van der Waals surface area contributed by atoms with Crippen LogP contribution in [-0.2, 0) is 12.8 Å². The molecule has 26 heavy (non-hydrogen) atoms. The average molecular weight is 369 g/mol. The van der Waals surface area contributed by atoms with Crippen molar-refractivity contribution in [1.82, 2.24) is 15.3 Å². The second-order valence-corrected chi connectivity index (χ2v) is 7.13. The van der Waals surface area contributed by atoms with Gasteiger partial charge in [0.15, 0.2) is 0 Å². The summed E-state index contributed by atoms with van der Waals surface area (Å²) in [6.07, 6.45) is 1.51. The standard InChI is InChI=1S/C20H23N3O2S/c1-5-16-22-13(3)17-12(2)18(26-20(17)23-16)19(24)21-11-10-14-8-6-7-9-15(14)25-4/h6-9H,5,10-11H2,1-4H3,(H,21,24). The Morgan fingerprint density at radius 1 is 1.23 bits per heavy atom. The topological polar surface area (TPSA) is 64.1 Å². The van der Waals surface area contributed by atoms with Gasteiger partial charge in [-0.2, -0.15) is 0 Å². The summed E-state index contributed by atoms with van der Waals surface area (Å²) in [5.74, 6) is 1.61. The highest BCUT2D eigenvalue weighted by Gasteiger charge is 2.18. The van der Waals surface area contributed by atoms with Gasteiger partial charge in [0.2, 0.25) is 0 Å². The van der Waals surface area contributed by atoms with Crippen molar-refractivity contribution in [3.8, 4) is 5.75 Å². The molecule has 0 atom stereocenters. The molecule has 0 fully saturated rings. The molecular weight excluding hydrogens is 346 g/mol. The van der Waals surface area contributed by atoms with E-state index in [1.165, 1.54) is 11.3 Å². The van der Waals surface area contributed by atoms with Crippen LogP contribution in [0.1, 0.15) is 39.2 Å². The fraction of sp³-hybridized carbons (Fsp3) is 0.350. The number of thiophene rings is 1. The van der Waals surface area contributed by atoms with Crippen LogP contribution in [0.15, 0.2) is 24.3 Å². The molecule has 0 aliphatic heterocycles. The molecule has 1 amide bonds. The average Bonchev–Trinajstić information content (AvgIpc) is 2.99. The van der Waals surface area contributed by atoms with Crippen LogP contribution in [0.4, 0.5) is 0 Å². The number of carbonyl (C=O) groups is 1.